The van der Waals surface area contributed by atoms with Gasteiger partial charge in [0.15, 0.2) is 0 Å². The quantitative estimate of drug-likeness (QED) is 0.854. The van der Waals surface area contributed by atoms with Crippen molar-refractivity contribution in [1.29, 1.82) is 0 Å². The summed E-state index contributed by atoms with van der Waals surface area (Å²) in [5, 5.41) is 17.6. The van der Waals surface area contributed by atoms with Crippen LogP contribution in [0.25, 0.3) is 0 Å². The number of tetrazole rings is 1. The Kier molecular flexibility index (Phi) is 5.24. The molecule has 0 radical (unpaired) electrons. The summed E-state index contributed by atoms with van der Waals surface area (Å²) in [5.74, 6) is 0. The number of nitrogens with zero attached hydrogens (tertiary/aromatic N) is 5. The molecule has 2 aromatic heterocycles. The van der Waals surface area contributed by atoms with E-state index in [4.69, 9.17) is 5.11 Å². The van der Waals surface area contributed by atoms with Crippen LogP contribution in [0, 0.1) is 0 Å². The van der Waals surface area contributed by atoms with E-state index < -0.39 is 24.0 Å². The van der Waals surface area contributed by atoms with Crippen LogP contribution in [-0.4, -0.2) is 36.4 Å². The zero-order valence-electron chi connectivity index (χ0n) is 10.5. The van der Waals surface area contributed by atoms with E-state index in [1.54, 1.807) is 0 Å². The Morgan fingerprint density at radius 3 is 2.19 bits per heavy atom. The first-order chi connectivity index (χ1) is 9.65. The smallest absolute Gasteiger partial charge is 0.385 e. The normalized spacial score (nSPS) is 13.3. The summed E-state index contributed by atoms with van der Waals surface area (Å²) in [6.07, 6.45) is -4.28. The Labute approximate surface area is 115 Å². The highest BCUT2D eigenvalue weighted by atomic mass is 19.4. The van der Waals surface area contributed by atoms with Crippen molar-refractivity contribution in [2.75, 3.05) is 0 Å². The molecule has 0 aliphatic rings. The molecule has 1 atom stereocenters. The van der Waals surface area contributed by atoms with Crippen LogP contribution in [0.5, 0.6) is 0 Å². The van der Waals surface area contributed by atoms with Crippen LogP contribution >= 0.6 is 0 Å². The molecule has 2 heterocycles. The highest BCUT2D eigenvalue weighted by molar-refractivity contribution is 5.06. The van der Waals surface area contributed by atoms with Gasteiger partial charge in [-0.2, -0.15) is 26.6 Å². The third-order valence-electron chi connectivity index (χ3n) is 2.11. The van der Waals surface area contributed by atoms with Crippen LogP contribution in [0.15, 0.2) is 30.7 Å². The average molecular weight is 311 g/mol. The lowest BCUT2D eigenvalue weighted by atomic mass is 10.3. The van der Waals surface area contributed by atoms with Crippen molar-refractivity contribution in [2.24, 2.45) is 0 Å². The fraction of sp³-hybridized carbons (Fsp3) is 0.400. The minimum absolute atomic E-state index is 0.206. The minimum atomic E-state index is -4.32. The van der Waals surface area contributed by atoms with E-state index in [1.165, 1.54) is 12.1 Å². The second-order valence-electron chi connectivity index (χ2n) is 3.73. The Morgan fingerprint density at radius 1 is 1.19 bits per heavy atom. The maximum Gasteiger partial charge on any atom is 0.433 e. The fourth-order valence-corrected chi connectivity index (χ4v) is 1.02. The van der Waals surface area contributed by atoms with Gasteiger partial charge in [0.1, 0.15) is 18.1 Å². The number of pyridine rings is 1. The molecule has 2 rings (SSSR count). The second-order valence-corrected chi connectivity index (χ2v) is 3.73. The van der Waals surface area contributed by atoms with E-state index in [2.05, 4.69) is 20.5 Å². The lowest BCUT2D eigenvalue weighted by Crippen LogP contribution is -2.35. The first-order valence-electron chi connectivity index (χ1n) is 5.43. The molecular formula is C10H10F5N5O. The van der Waals surface area contributed by atoms with Gasteiger partial charge in [0.05, 0.1) is 0 Å². The SMILES string of the molecule is CC(O)C(F)(F)n1cnnn1.FC(F)(F)c1ccccn1. The molecule has 6 nitrogen and oxygen atoms in total. The molecule has 0 amide bonds. The number of hydrogen-bond acceptors (Lipinski definition) is 5. The summed E-state index contributed by atoms with van der Waals surface area (Å²) in [6, 6.07) is 0.231. The van der Waals surface area contributed by atoms with Gasteiger partial charge in [0.25, 0.3) is 0 Å². The molecule has 0 fully saturated rings. The number of aliphatic hydroxyl groups excluding tert-OH is 1. The highest BCUT2D eigenvalue weighted by Crippen LogP contribution is 2.26. The molecule has 0 aliphatic carbocycles. The number of halogens is 5. The number of aromatic nitrogens is 5. The van der Waals surface area contributed by atoms with Gasteiger partial charge in [-0.05, 0) is 29.5 Å². The predicted octanol–water partition coefficient (Wildman–Crippen LogP) is 1.70. The number of rotatable bonds is 2. The fourth-order valence-electron chi connectivity index (χ4n) is 1.02. The number of hydrogen-bond donors (Lipinski definition) is 1. The van der Waals surface area contributed by atoms with Crippen LogP contribution in [0.2, 0.25) is 0 Å². The molecule has 0 spiro atoms. The molecule has 0 aromatic carbocycles. The van der Waals surface area contributed by atoms with Crippen molar-refractivity contribution in [1.82, 2.24) is 25.2 Å². The summed E-state index contributed by atoms with van der Waals surface area (Å²) in [7, 11) is 0. The lowest BCUT2D eigenvalue weighted by molar-refractivity contribution is -0.173. The summed E-state index contributed by atoms with van der Waals surface area (Å²) < 4.78 is 60.7. The Hall–Kier alpha value is -2.17. The summed E-state index contributed by atoms with van der Waals surface area (Å²) in [4.78, 5) is 3.12. The Bertz CT molecular complexity index is 529. The van der Waals surface area contributed by atoms with Crippen molar-refractivity contribution in [3.8, 4) is 0 Å². The molecule has 1 N–H and O–H groups in total. The van der Waals surface area contributed by atoms with Gasteiger partial charge in [0.2, 0.25) is 0 Å². The zero-order chi connectivity index (χ0) is 16.1. The van der Waals surface area contributed by atoms with Crippen molar-refractivity contribution < 1.29 is 27.1 Å². The Balaban J connectivity index is 0.000000211. The maximum absolute atomic E-state index is 12.7. The number of aliphatic hydroxyl groups is 1. The average Bonchev–Trinajstić information content (AvgIpc) is 2.94. The first-order valence-corrected chi connectivity index (χ1v) is 5.43. The summed E-state index contributed by atoms with van der Waals surface area (Å²) in [5.41, 5.74) is -0.852. The van der Waals surface area contributed by atoms with Crippen molar-refractivity contribution in [3.05, 3.63) is 36.4 Å². The monoisotopic (exact) mass is 311 g/mol. The van der Waals surface area contributed by atoms with Gasteiger partial charge in [-0.15, -0.1) is 5.10 Å². The minimum Gasteiger partial charge on any atom is -0.385 e. The van der Waals surface area contributed by atoms with Crippen molar-refractivity contribution in [3.63, 3.8) is 0 Å². The molecule has 21 heavy (non-hydrogen) atoms. The third-order valence-corrected chi connectivity index (χ3v) is 2.11. The van der Waals surface area contributed by atoms with E-state index in [1.807, 2.05) is 0 Å². The standard InChI is InChI=1S/C6H4F3N.C4H6F2N4O/c7-6(8,9)5-3-1-2-4-10-5;1-3(11)4(5,6)10-2-7-8-9-10/h1-4H;2-3,11H,1H3. The second kappa shape index (κ2) is 6.52. The van der Waals surface area contributed by atoms with Gasteiger partial charge in [-0.3, -0.25) is 4.98 Å². The maximum atomic E-state index is 12.7. The Morgan fingerprint density at radius 2 is 1.86 bits per heavy atom. The lowest BCUT2D eigenvalue weighted by Gasteiger charge is -2.17. The van der Waals surface area contributed by atoms with Crippen molar-refractivity contribution >= 4 is 0 Å². The van der Waals surface area contributed by atoms with Gasteiger partial charge in [-0.25, -0.2) is 0 Å². The molecule has 2 aromatic rings. The van der Waals surface area contributed by atoms with Gasteiger partial charge in [-0.1, -0.05) is 6.07 Å². The third kappa shape index (κ3) is 4.70. The van der Waals surface area contributed by atoms with E-state index in [0.29, 0.717) is 0 Å². The van der Waals surface area contributed by atoms with Crippen LogP contribution in [0.1, 0.15) is 12.6 Å². The molecule has 0 bridgehead atoms. The largest absolute Gasteiger partial charge is 0.433 e. The van der Waals surface area contributed by atoms with Gasteiger partial charge >= 0.3 is 12.2 Å². The van der Waals surface area contributed by atoms with E-state index in [9.17, 15) is 22.0 Å². The highest BCUT2D eigenvalue weighted by Gasteiger charge is 2.38. The topological polar surface area (TPSA) is 76.7 Å². The van der Waals surface area contributed by atoms with E-state index in [-0.39, 0.29) is 4.68 Å². The molecular weight excluding hydrogens is 301 g/mol. The predicted molar refractivity (Wildman–Crippen MR) is 58.9 cm³/mol. The van der Waals surface area contributed by atoms with Gasteiger partial charge in [0, 0.05) is 6.20 Å². The number of alkyl halides is 5. The first kappa shape index (κ1) is 16.9. The molecule has 0 aliphatic heterocycles. The van der Waals surface area contributed by atoms with Crippen LogP contribution < -0.4 is 0 Å². The molecule has 0 saturated carbocycles. The van der Waals surface area contributed by atoms with Gasteiger partial charge < -0.3 is 5.11 Å². The molecule has 11 heteroatoms. The zero-order valence-corrected chi connectivity index (χ0v) is 10.5. The van der Waals surface area contributed by atoms with Crippen molar-refractivity contribution in [2.45, 2.75) is 25.3 Å². The summed E-state index contributed by atoms with van der Waals surface area (Å²) in [6.45, 7) is 0.960. The van der Waals surface area contributed by atoms with Crippen LogP contribution in [-0.2, 0) is 12.2 Å². The van der Waals surface area contributed by atoms with Crippen LogP contribution in [0.3, 0.4) is 0 Å². The molecule has 0 saturated heterocycles. The van der Waals surface area contributed by atoms with E-state index >= 15 is 0 Å². The van der Waals surface area contributed by atoms with E-state index in [0.717, 1.165) is 25.5 Å². The summed E-state index contributed by atoms with van der Waals surface area (Å²) >= 11 is 0. The molecule has 1 unspecified atom stereocenters. The van der Waals surface area contributed by atoms with Crippen LogP contribution in [0.4, 0.5) is 22.0 Å². The molecule has 116 valence electrons.